The molecule has 2 nitrogen and oxygen atoms in total. The van der Waals surface area contributed by atoms with Gasteiger partial charge >= 0.3 is 0 Å². The first-order valence-electron chi connectivity index (χ1n) is 5.73. The minimum absolute atomic E-state index is 0.543. The Balaban J connectivity index is 1.97. The molecule has 0 aromatic carbocycles. The van der Waals surface area contributed by atoms with Crippen LogP contribution in [0.5, 0.6) is 0 Å². The van der Waals surface area contributed by atoms with Crippen LogP contribution in [0.1, 0.15) is 31.1 Å². The fourth-order valence-electron chi connectivity index (χ4n) is 2.25. The maximum atomic E-state index is 10.5. The number of thiophene rings is 1. The molecule has 2 heterocycles. The number of piperidine rings is 1. The summed E-state index contributed by atoms with van der Waals surface area (Å²) in [6.45, 7) is 5.44. The summed E-state index contributed by atoms with van der Waals surface area (Å²) in [6, 6.07) is 4.08. The zero-order chi connectivity index (χ0) is 10.7. The molecule has 84 valence electrons. The van der Waals surface area contributed by atoms with E-state index in [4.69, 9.17) is 0 Å². The summed E-state index contributed by atoms with van der Waals surface area (Å²) in [5, 5.41) is 12.5. The summed E-state index contributed by atoms with van der Waals surface area (Å²) >= 11 is 1.67. The molecule has 2 rings (SSSR count). The number of nitrogens with zero attached hydrogens (tertiary/aromatic N) is 1. The molecule has 0 saturated carbocycles. The highest BCUT2D eigenvalue weighted by Gasteiger charge is 2.34. The SMILES string of the molecule is CCCN1CCC(O)(c2cccs2)CC1. The maximum Gasteiger partial charge on any atom is 0.101 e. The van der Waals surface area contributed by atoms with Gasteiger partial charge < -0.3 is 10.0 Å². The highest BCUT2D eigenvalue weighted by Crippen LogP contribution is 2.35. The average molecular weight is 225 g/mol. The molecule has 1 aromatic rings. The van der Waals surface area contributed by atoms with E-state index >= 15 is 0 Å². The van der Waals surface area contributed by atoms with Gasteiger partial charge in [0, 0.05) is 18.0 Å². The Bertz CT molecular complexity index is 289. The number of aliphatic hydroxyl groups is 1. The highest BCUT2D eigenvalue weighted by atomic mass is 32.1. The quantitative estimate of drug-likeness (QED) is 0.854. The van der Waals surface area contributed by atoms with Crippen molar-refractivity contribution in [1.82, 2.24) is 4.90 Å². The number of hydrogen-bond donors (Lipinski definition) is 1. The zero-order valence-corrected chi connectivity index (χ0v) is 10.1. The lowest BCUT2D eigenvalue weighted by Gasteiger charge is -2.37. The summed E-state index contributed by atoms with van der Waals surface area (Å²) in [6.07, 6.45) is 2.97. The summed E-state index contributed by atoms with van der Waals surface area (Å²) in [5.74, 6) is 0. The van der Waals surface area contributed by atoms with Crippen LogP contribution < -0.4 is 0 Å². The minimum atomic E-state index is -0.543. The second-order valence-electron chi connectivity index (χ2n) is 4.35. The molecule has 0 aliphatic carbocycles. The molecular formula is C12H19NOS. The first kappa shape index (κ1) is 11.1. The Morgan fingerprint density at radius 2 is 2.20 bits per heavy atom. The van der Waals surface area contributed by atoms with Crippen LogP contribution in [0.3, 0.4) is 0 Å². The highest BCUT2D eigenvalue weighted by molar-refractivity contribution is 7.10. The van der Waals surface area contributed by atoms with E-state index in [1.807, 2.05) is 11.4 Å². The van der Waals surface area contributed by atoms with Gasteiger partial charge in [-0.05, 0) is 37.3 Å². The number of rotatable bonds is 3. The zero-order valence-electron chi connectivity index (χ0n) is 9.28. The Morgan fingerprint density at radius 1 is 1.47 bits per heavy atom. The topological polar surface area (TPSA) is 23.5 Å². The second kappa shape index (κ2) is 4.64. The van der Waals surface area contributed by atoms with Crippen molar-refractivity contribution in [3.8, 4) is 0 Å². The molecule has 0 spiro atoms. The Kier molecular flexibility index (Phi) is 3.44. The molecule has 1 fully saturated rings. The molecule has 3 heteroatoms. The Hall–Kier alpha value is -0.380. The van der Waals surface area contributed by atoms with Gasteiger partial charge in [0.15, 0.2) is 0 Å². The lowest BCUT2D eigenvalue weighted by molar-refractivity contribution is -0.0228. The predicted octanol–water partition coefficient (Wildman–Crippen LogP) is 2.44. The largest absolute Gasteiger partial charge is 0.384 e. The van der Waals surface area contributed by atoms with Gasteiger partial charge in [0.25, 0.3) is 0 Å². The van der Waals surface area contributed by atoms with E-state index in [0.29, 0.717) is 0 Å². The summed E-state index contributed by atoms with van der Waals surface area (Å²) in [7, 11) is 0. The van der Waals surface area contributed by atoms with E-state index < -0.39 is 5.60 Å². The molecule has 0 bridgehead atoms. The lowest BCUT2D eigenvalue weighted by atomic mass is 9.90. The maximum absolute atomic E-state index is 10.5. The molecule has 0 amide bonds. The van der Waals surface area contributed by atoms with Gasteiger partial charge in [0.05, 0.1) is 0 Å². The second-order valence-corrected chi connectivity index (χ2v) is 5.30. The van der Waals surface area contributed by atoms with E-state index in [-0.39, 0.29) is 0 Å². The molecule has 1 aromatic heterocycles. The standard InChI is InChI=1S/C12H19NOS/c1-2-7-13-8-5-12(14,6-9-13)11-4-3-10-15-11/h3-4,10,14H,2,5-9H2,1H3. The van der Waals surface area contributed by atoms with Crippen molar-refractivity contribution >= 4 is 11.3 Å². The van der Waals surface area contributed by atoms with Gasteiger partial charge in [-0.15, -0.1) is 11.3 Å². The van der Waals surface area contributed by atoms with Crippen molar-refractivity contribution in [2.24, 2.45) is 0 Å². The smallest absolute Gasteiger partial charge is 0.101 e. The van der Waals surface area contributed by atoms with E-state index in [9.17, 15) is 5.11 Å². The molecule has 1 saturated heterocycles. The van der Waals surface area contributed by atoms with Gasteiger partial charge in [0.2, 0.25) is 0 Å². The minimum Gasteiger partial charge on any atom is -0.384 e. The third-order valence-electron chi connectivity index (χ3n) is 3.20. The summed E-state index contributed by atoms with van der Waals surface area (Å²) in [5.41, 5.74) is -0.543. The first-order chi connectivity index (χ1) is 7.24. The summed E-state index contributed by atoms with van der Waals surface area (Å²) in [4.78, 5) is 3.58. The van der Waals surface area contributed by atoms with Gasteiger partial charge in [-0.1, -0.05) is 13.0 Å². The fraction of sp³-hybridized carbons (Fsp3) is 0.667. The third-order valence-corrected chi connectivity index (χ3v) is 4.27. The molecular weight excluding hydrogens is 206 g/mol. The van der Waals surface area contributed by atoms with Crippen LogP contribution in [-0.4, -0.2) is 29.6 Å². The number of likely N-dealkylation sites (tertiary alicyclic amines) is 1. The van der Waals surface area contributed by atoms with Crippen molar-refractivity contribution in [2.75, 3.05) is 19.6 Å². The fourth-order valence-corrected chi connectivity index (χ4v) is 3.14. The average Bonchev–Trinajstić information content (AvgIpc) is 2.76. The van der Waals surface area contributed by atoms with E-state index in [2.05, 4.69) is 17.9 Å². The molecule has 0 atom stereocenters. The Labute approximate surface area is 95.5 Å². The van der Waals surface area contributed by atoms with Crippen molar-refractivity contribution in [2.45, 2.75) is 31.8 Å². The van der Waals surface area contributed by atoms with Gasteiger partial charge in [0.1, 0.15) is 5.60 Å². The third kappa shape index (κ3) is 2.41. The molecule has 1 N–H and O–H groups in total. The Morgan fingerprint density at radius 3 is 2.73 bits per heavy atom. The van der Waals surface area contributed by atoms with Crippen LogP contribution in [0.15, 0.2) is 17.5 Å². The van der Waals surface area contributed by atoms with Crippen LogP contribution in [0.4, 0.5) is 0 Å². The van der Waals surface area contributed by atoms with Gasteiger partial charge in [-0.2, -0.15) is 0 Å². The van der Waals surface area contributed by atoms with Gasteiger partial charge in [-0.25, -0.2) is 0 Å². The van der Waals surface area contributed by atoms with E-state index in [1.165, 1.54) is 13.0 Å². The van der Waals surface area contributed by atoms with Crippen molar-refractivity contribution in [3.05, 3.63) is 22.4 Å². The summed E-state index contributed by atoms with van der Waals surface area (Å²) < 4.78 is 0. The monoisotopic (exact) mass is 225 g/mol. The van der Waals surface area contributed by atoms with Crippen LogP contribution in [-0.2, 0) is 5.60 Å². The van der Waals surface area contributed by atoms with Crippen LogP contribution >= 0.6 is 11.3 Å². The molecule has 0 radical (unpaired) electrons. The van der Waals surface area contributed by atoms with E-state index in [1.54, 1.807) is 11.3 Å². The molecule has 1 aliphatic heterocycles. The van der Waals surface area contributed by atoms with Crippen LogP contribution in [0.25, 0.3) is 0 Å². The number of hydrogen-bond acceptors (Lipinski definition) is 3. The van der Waals surface area contributed by atoms with E-state index in [0.717, 1.165) is 30.8 Å². The molecule has 0 unspecified atom stereocenters. The normalized spacial score (nSPS) is 21.7. The molecule has 1 aliphatic rings. The first-order valence-corrected chi connectivity index (χ1v) is 6.61. The van der Waals surface area contributed by atoms with Crippen molar-refractivity contribution in [3.63, 3.8) is 0 Å². The predicted molar refractivity (Wildman–Crippen MR) is 64.2 cm³/mol. The molecule has 15 heavy (non-hydrogen) atoms. The van der Waals surface area contributed by atoms with Crippen LogP contribution in [0.2, 0.25) is 0 Å². The van der Waals surface area contributed by atoms with Crippen molar-refractivity contribution in [1.29, 1.82) is 0 Å². The lowest BCUT2D eigenvalue weighted by Crippen LogP contribution is -2.42. The van der Waals surface area contributed by atoms with Crippen LogP contribution in [0, 0.1) is 0 Å². The van der Waals surface area contributed by atoms with Gasteiger partial charge in [-0.3, -0.25) is 0 Å². The van der Waals surface area contributed by atoms with Crippen molar-refractivity contribution < 1.29 is 5.11 Å².